The van der Waals surface area contributed by atoms with Crippen molar-refractivity contribution in [1.82, 2.24) is 0 Å². The molecule has 0 saturated heterocycles. The van der Waals surface area contributed by atoms with Gasteiger partial charge in [-0.1, -0.05) is 36.4 Å². The molecule has 0 bridgehead atoms. The zero-order valence-electron chi connectivity index (χ0n) is 10.2. The van der Waals surface area contributed by atoms with Crippen LogP contribution in [0.3, 0.4) is 0 Å². The van der Waals surface area contributed by atoms with Gasteiger partial charge in [0, 0.05) is 18.1 Å². The van der Waals surface area contributed by atoms with E-state index in [0.717, 1.165) is 5.39 Å². The molecule has 18 heavy (non-hydrogen) atoms. The molecule has 0 aliphatic carbocycles. The van der Waals surface area contributed by atoms with Gasteiger partial charge in [-0.2, -0.15) is 0 Å². The Balaban J connectivity index is 2.57. The van der Waals surface area contributed by atoms with E-state index in [2.05, 4.69) is 4.74 Å². The smallest absolute Gasteiger partial charge is 0.339 e. The fourth-order valence-electron chi connectivity index (χ4n) is 1.94. The van der Waals surface area contributed by atoms with Gasteiger partial charge in [0.2, 0.25) is 0 Å². The highest BCUT2D eigenvalue weighted by Gasteiger charge is 2.24. The molecule has 2 aromatic rings. The molecule has 0 amide bonds. The normalized spacial score (nSPS) is 12.3. The molecule has 0 heterocycles. The van der Waals surface area contributed by atoms with Gasteiger partial charge >= 0.3 is 5.97 Å². The Labute approximate surface area is 105 Å². The zero-order chi connectivity index (χ0) is 13.1. The van der Waals surface area contributed by atoms with Crippen LogP contribution in [0.1, 0.15) is 11.7 Å². The lowest BCUT2D eigenvalue weighted by atomic mass is 10.0. The van der Waals surface area contributed by atoms with Crippen LogP contribution in [0.4, 0.5) is 0 Å². The third-order valence-electron chi connectivity index (χ3n) is 2.87. The van der Waals surface area contributed by atoms with Crippen molar-refractivity contribution in [3.05, 3.63) is 42.0 Å². The van der Waals surface area contributed by atoms with Crippen molar-refractivity contribution in [2.75, 3.05) is 14.2 Å². The van der Waals surface area contributed by atoms with Gasteiger partial charge in [-0.3, -0.25) is 0 Å². The summed E-state index contributed by atoms with van der Waals surface area (Å²) < 4.78 is 9.73. The number of phenols is 1. The second-order valence-electron chi connectivity index (χ2n) is 3.86. The first-order valence-electron chi connectivity index (χ1n) is 5.50. The molecular weight excluding hydrogens is 232 g/mol. The molecule has 0 aliphatic heterocycles. The van der Waals surface area contributed by atoms with Gasteiger partial charge in [0.1, 0.15) is 5.75 Å². The first-order valence-corrected chi connectivity index (χ1v) is 5.50. The summed E-state index contributed by atoms with van der Waals surface area (Å²) in [4.78, 5) is 11.6. The highest BCUT2D eigenvalue weighted by atomic mass is 16.6. The molecule has 0 spiro atoms. The van der Waals surface area contributed by atoms with E-state index in [9.17, 15) is 9.90 Å². The van der Waals surface area contributed by atoms with Crippen LogP contribution < -0.4 is 0 Å². The van der Waals surface area contributed by atoms with Crippen LogP contribution in [0.2, 0.25) is 0 Å². The number of aromatic hydroxyl groups is 1. The molecule has 1 unspecified atom stereocenters. The monoisotopic (exact) mass is 246 g/mol. The van der Waals surface area contributed by atoms with Gasteiger partial charge in [-0.25, -0.2) is 4.79 Å². The molecule has 0 radical (unpaired) electrons. The summed E-state index contributed by atoms with van der Waals surface area (Å²) in [6, 6.07) is 10.9. The number of esters is 1. The Morgan fingerprint density at radius 3 is 2.56 bits per heavy atom. The Bertz CT molecular complexity index is 577. The summed E-state index contributed by atoms with van der Waals surface area (Å²) in [7, 11) is 2.68. The summed E-state index contributed by atoms with van der Waals surface area (Å²) in [5, 5.41) is 11.8. The van der Waals surface area contributed by atoms with Crippen molar-refractivity contribution in [3.8, 4) is 5.75 Å². The van der Waals surface area contributed by atoms with Crippen LogP contribution in [-0.4, -0.2) is 25.3 Å². The number of phenolic OH excluding ortho intramolecular Hbond substituents is 1. The van der Waals surface area contributed by atoms with Crippen LogP contribution in [0, 0.1) is 0 Å². The number of benzene rings is 2. The van der Waals surface area contributed by atoms with E-state index < -0.39 is 12.1 Å². The number of carbonyl (C=O) groups excluding carboxylic acids is 1. The largest absolute Gasteiger partial charge is 0.507 e. The molecule has 2 rings (SSSR count). The Morgan fingerprint density at radius 1 is 1.17 bits per heavy atom. The van der Waals surface area contributed by atoms with Crippen molar-refractivity contribution in [2.24, 2.45) is 0 Å². The maximum Gasteiger partial charge on any atom is 0.339 e. The quantitative estimate of drug-likeness (QED) is 0.845. The highest BCUT2D eigenvalue weighted by molar-refractivity contribution is 5.91. The Morgan fingerprint density at radius 2 is 1.89 bits per heavy atom. The molecule has 4 heteroatoms. The third kappa shape index (κ3) is 2.02. The van der Waals surface area contributed by atoms with Crippen LogP contribution in [0.15, 0.2) is 36.4 Å². The molecule has 94 valence electrons. The van der Waals surface area contributed by atoms with E-state index >= 15 is 0 Å². The molecular formula is C14H14O4. The number of carbonyl (C=O) groups is 1. The predicted molar refractivity (Wildman–Crippen MR) is 67.4 cm³/mol. The minimum atomic E-state index is -0.917. The number of hydrogen-bond acceptors (Lipinski definition) is 4. The van der Waals surface area contributed by atoms with Crippen LogP contribution in [0.5, 0.6) is 5.75 Å². The van der Waals surface area contributed by atoms with E-state index in [4.69, 9.17) is 4.74 Å². The average Bonchev–Trinajstić information content (AvgIpc) is 2.42. The fraction of sp³-hybridized carbons (Fsp3) is 0.214. The van der Waals surface area contributed by atoms with Gasteiger partial charge in [0.05, 0.1) is 7.11 Å². The maximum atomic E-state index is 11.6. The molecule has 1 N–H and O–H groups in total. The number of hydrogen-bond donors (Lipinski definition) is 1. The zero-order valence-corrected chi connectivity index (χ0v) is 10.2. The van der Waals surface area contributed by atoms with Crippen molar-refractivity contribution in [2.45, 2.75) is 6.10 Å². The van der Waals surface area contributed by atoms with Gasteiger partial charge in [0.15, 0.2) is 6.10 Å². The van der Waals surface area contributed by atoms with E-state index in [-0.39, 0.29) is 5.75 Å². The van der Waals surface area contributed by atoms with Gasteiger partial charge in [-0.15, -0.1) is 0 Å². The number of fused-ring (bicyclic) bond motifs is 1. The molecule has 0 aromatic heterocycles. The minimum Gasteiger partial charge on any atom is -0.507 e. The van der Waals surface area contributed by atoms with Gasteiger partial charge in [-0.05, 0) is 5.39 Å². The van der Waals surface area contributed by atoms with E-state index in [1.807, 2.05) is 24.3 Å². The number of ether oxygens (including phenoxy) is 2. The average molecular weight is 246 g/mol. The number of methoxy groups -OCH3 is 2. The lowest BCUT2D eigenvalue weighted by Crippen LogP contribution is -2.16. The Hall–Kier alpha value is -2.07. The molecule has 0 saturated carbocycles. The summed E-state index contributed by atoms with van der Waals surface area (Å²) in [6.45, 7) is 0. The minimum absolute atomic E-state index is 0.0466. The summed E-state index contributed by atoms with van der Waals surface area (Å²) in [6.07, 6.45) is -0.917. The van der Waals surface area contributed by atoms with Crippen molar-refractivity contribution < 1.29 is 19.4 Å². The summed E-state index contributed by atoms with van der Waals surface area (Å²) >= 11 is 0. The molecule has 0 fully saturated rings. The van der Waals surface area contributed by atoms with Crippen LogP contribution in [0.25, 0.3) is 10.8 Å². The van der Waals surface area contributed by atoms with Crippen molar-refractivity contribution in [3.63, 3.8) is 0 Å². The Kier molecular flexibility index (Phi) is 3.48. The molecule has 1 atom stereocenters. The predicted octanol–water partition coefficient (Wildman–Crippen LogP) is 2.41. The first kappa shape index (κ1) is 12.4. The summed E-state index contributed by atoms with van der Waals surface area (Å²) in [5.41, 5.74) is 0.406. The maximum absolute atomic E-state index is 11.6. The second-order valence-corrected chi connectivity index (χ2v) is 3.86. The van der Waals surface area contributed by atoms with Crippen LogP contribution >= 0.6 is 0 Å². The molecule has 4 nitrogen and oxygen atoms in total. The fourth-order valence-corrected chi connectivity index (χ4v) is 1.94. The van der Waals surface area contributed by atoms with E-state index in [1.165, 1.54) is 14.2 Å². The van der Waals surface area contributed by atoms with Crippen molar-refractivity contribution in [1.29, 1.82) is 0 Å². The van der Waals surface area contributed by atoms with E-state index in [0.29, 0.717) is 10.9 Å². The van der Waals surface area contributed by atoms with Gasteiger partial charge < -0.3 is 14.6 Å². The van der Waals surface area contributed by atoms with Crippen LogP contribution in [-0.2, 0) is 14.3 Å². The van der Waals surface area contributed by atoms with Gasteiger partial charge in [0.25, 0.3) is 0 Å². The molecule has 0 aliphatic rings. The SMILES string of the molecule is COC(=O)C(OC)c1ccc2ccccc2c1O. The molecule has 2 aromatic carbocycles. The topological polar surface area (TPSA) is 55.8 Å². The first-order chi connectivity index (χ1) is 8.69. The summed E-state index contributed by atoms with van der Waals surface area (Å²) in [5.74, 6) is -0.492. The lowest BCUT2D eigenvalue weighted by Gasteiger charge is -2.15. The standard InChI is InChI=1S/C14H14O4/c1-17-13(14(16)18-2)11-8-7-9-5-3-4-6-10(9)12(11)15/h3-8,13,15H,1-2H3. The highest BCUT2D eigenvalue weighted by Crippen LogP contribution is 2.34. The third-order valence-corrected chi connectivity index (χ3v) is 2.87. The second kappa shape index (κ2) is 5.06. The van der Waals surface area contributed by atoms with E-state index in [1.54, 1.807) is 12.1 Å². The number of rotatable bonds is 3. The lowest BCUT2D eigenvalue weighted by molar-refractivity contribution is -0.152. The van der Waals surface area contributed by atoms with Crippen molar-refractivity contribution >= 4 is 16.7 Å².